The Kier molecular flexibility index (Phi) is 5.26. The predicted octanol–water partition coefficient (Wildman–Crippen LogP) is 3.49. The third-order valence-electron chi connectivity index (χ3n) is 5.30. The molecule has 3 heterocycles. The van der Waals surface area contributed by atoms with Gasteiger partial charge in [0, 0.05) is 38.1 Å². The summed E-state index contributed by atoms with van der Waals surface area (Å²) in [6.45, 7) is 5.18. The Morgan fingerprint density at radius 1 is 0.933 bits per heavy atom. The molecule has 7 nitrogen and oxygen atoms in total. The molecule has 0 atom stereocenters. The van der Waals surface area contributed by atoms with E-state index in [0.717, 1.165) is 49.4 Å². The molecule has 7 heteroatoms. The standard InChI is InChI=1S/C23H23N5O2/c1-2-7-19(8-3-1)29-15-14-27-10-12-28(13-11-27)23-25-20(17-24-26-23)22-16-18-6-4-5-9-21(18)30-22/h1-9,16-17H,10-15H2. The molecule has 0 bridgehead atoms. The number of para-hydroxylation sites is 2. The van der Waals surface area contributed by atoms with Crippen LogP contribution in [0.3, 0.4) is 0 Å². The molecule has 0 spiro atoms. The van der Waals surface area contributed by atoms with Crippen LogP contribution < -0.4 is 9.64 Å². The van der Waals surface area contributed by atoms with Gasteiger partial charge in [-0.1, -0.05) is 36.4 Å². The van der Waals surface area contributed by atoms with Crippen molar-refractivity contribution in [2.24, 2.45) is 0 Å². The molecule has 2 aromatic carbocycles. The third kappa shape index (κ3) is 4.11. The Balaban J connectivity index is 1.19. The fourth-order valence-corrected chi connectivity index (χ4v) is 3.64. The Morgan fingerprint density at radius 2 is 1.73 bits per heavy atom. The molecule has 0 amide bonds. The van der Waals surface area contributed by atoms with Gasteiger partial charge in [0.05, 0.1) is 6.20 Å². The second kappa shape index (κ2) is 8.51. The first-order chi connectivity index (χ1) is 14.8. The molecule has 152 valence electrons. The molecule has 1 saturated heterocycles. The van der Waals surface area contributed by atoms with Crippen LogP contribution in [0, 0.1) is 0 Å². The highest BCUT2D eigenvalue weighted by atomic mass is 16.5. The van der Waals surface area contributed by atoms with Crippen LogP contribution in [0.1, 0.15) is 0 Å². The van der Waals surface area contributed by atoms with Crippen molar-refractivity contribution in [2.75, 3.05) is 44.2 Å². The first-order valence-electron chi connectivity index (χ1n) is 10.2. The lowest BCUT2D eigenvalue weighted by Gasteiger charge is -2.34. The highest BCUT2D eigenvalue weighted by Crippen LogP contribution is 2.26. The molecule has 0 saturated carbocycles. The predicted molar refractivity (Wildman–Crippen MR) is 116 cm³/mol. The van der Waals surface area contributed by atoms with Crippen LogP contribution in [0.25, 0.3) is 22.4 Å². The summed E-state index contributed by atoms with van der Waals surface area (Å²) in [7, 11) is 0. The molecular formula is C23H23N5O2. The Hall–Kier alpha value is -3.45. The van der Waals surface area contributed by atoms with Gasteiger partial charge >= 0.3 is 0 Å². The maximum atomic E-state index is 5.92. The van der Waals surface area contributed by atoms with Crippen molar-refractivity contribution < 1.29 is 9.15 Å². The van der Waals surface area contributed by atoms with Gasteiger partial charge < -0.3 is 14.1 Å². The van der Waals surface area contributed by atoms with E-state index >= 15 is 0 Å². The minimum absolute atomic E-state index is 0.646. The minimum atomic E-state index is 0.646. The van der Waals surface area contributed by atoms with Crippen LogP contribution in [-0.4, -0.2) is 59.4 Å². The van der Waals surface area contributed by atoms with Crippen molar-refractivity contribution >= 4 is 16.9 Å². The lowest BCUT2D eigenvalue weighted by Crippen LogP contribution is -2.48. The molecule has 4 aromatic rings. The average molecular weight is 401 g/mol. The van der Waals surface area contributed by atoms with Crippen molar-refractivity contribution in [2.45, 2.75) is 0 Å². The summed E-state index contributed by atoms with van der Waals surface area (Å²) >= 11 is 0. The van der Waals surface area contributed by atoms with E-state index in [1.807, 2.05) is 60.7 Å². The van der Waals surface area contributed by atoms with Crippen LogP contribution in [-0.2, 0) is 0 Å². The fourth-order valence-electron chi connectivity index (χ4n) is 3.64. The van der Waals surface area contributed by atoms with E-state index in [4.69, 9.17) is 14.1 Å². The minimum Gasteiger partial charge on any atom is -0.492 e. The molecule has 0 N–H and O–H groups in total. The largest absolute Gasteiger partial charge is 0.492 e. The van der Waals surface area contributed by atoms with Crippen molar-refractivity contribution in [3.63, 3.8) is 0 Å². The second-order valence-electron chi connectivity index (χ2n) is 7.28. The van der Waals surface area contributed by atoms with Gasteiger partial charge in [0.1, 0.15) is 23.6 Å². The summed E-state index contributed by atoms with van der Waals surface area (Å²) < 4.78 is 11.7. The number of benzene rings is 2. The number of furan rings is 1. The summed E-state index contributed by atoms with van der Waals surface area (Å²) in [6, 6.07) is 19.9. The number of rotatable bonds is 6. The van der Waals surface area contributed by atoms with Gasteiger partial charge in [0.2, 0.25) is 5.95 Å². The molecule has 1 fully saturated rings. The van der Waals surface area contributed by atoms with Gasteiger partial charge in [-0.3, -0.25) is 4.90 Å². The van der Waals surface area contributed by atoms with E-state index in [0.29, 0.717) is 24.0 Å². The molecule has 30 heavy (non-hydrogen) atoms. The lowest BCUT2D eigenvalue weighted by molar-refractivity contribution is 0.200. The molecule has 0 unspecified atom stereocenters. The van der Waals surface area contributed by atoms with Gasteiger partial charge in [-0.15, -0.1) is 5.10 Å². The topological polar surface area (TPSA) is 67.5 Å². The van der Waals surface area contributed by atoms with Crippen LogP contribution in [0.15, 0.2) is 71.3 Å². The smallest absolute Gasteiger partial charge is 0.246 e. The van der Waals surface area contributed by atoms with Gasteiger partial charge in [-0.05, 0) is 24.3 Å². The number of hydrogen-bond acceptors (Lipinski definition) is 7. The van der Waals surface area contributed by atoms with Crippen molar-refractivity contribution in [1.82, 2.24) is 20.1 Å². The summed E-state index contributed by atoms with van der Waals surface area (Å²) in [5, 5.41) is 9.46. The fraction of sp³-hybridized carbons (Fsp3) is 0.261. The molecule has 1 aliphatic rings. The number of aromatic nitrogens is 3. The first-order valence-corrected chi connectivity index (χ1v) is 10.2. The summed E-state index contributed by atoms with van der Waals surface area (Å²) in [5.41, 5.74) is 1.55. The number of nitrogens with zero attached hydrogens (tertiary/aromatic N) is 5. The van der Waals surface area contributed by atoms with Crippen LogP contribution >= 0.6 is 0 Å². The molecular weight excluding hydrogens is 378 g/mol. The molecule has 2 aromatic heterocycles. The van der Waals surface area contributed by atoms with E-state index < -0.39 is 0 Å². The Morgan fingerprint density at radius 3 is 2.57 bits per heavy atom. The van der Waals surface area contributed by atoms with Crippen molar-refractivity contribution in [3.8, 4) is 17.2 Å². The second-order valence-corrected chi connectivity index (χ2v) is 7.28. The molecule has 0 aliphatic carbocycles. The average Bonchev–Trinajstić information content (AvgIpc) is 3.25. The number of ether oxygens (including phenoxy) is 1. The quantitative estimate of drug-likeness (QED) is 0.490. The number of fused-ring (bicyclic) bond motifs is 1. The van der Waals surface area contributed by atoms with Crippen molar-refractivity contribution in [1.29, 1.82) is 0 Å². The maximum Gasteiger partial charge on any atom is 0.246 e. The first kappa shape index (κ1) is 18.6. The van der Waals surface area contributed by atoms with E-state index in [1.54, 1.807) is 6.20 Å². The normalized spacial score (nSPS) is 14.9. The van der Waals surface area contributed by atoms with Crippen LogP contribution in [0.5, 0.6) is 5.75 Å². The SMILES string of the molecule is c1ccc(OCCN2CCN(c3nncc(-c4cc5ccccc5o4)n3)CC2)cc1. The number of hydrogen-bond donors (Lipinski definition) is 0. The van der Waals surface area contributed by atoms with E-state index in [-0.39, 0.29) is 0 Å². The summed E-state index contributed by atoms with van der Waals surface area (Å²) in [5.74, 6) is 2.27. The molecule has 0 radical (unpaired) electrons. The molecule has 5 rings (SSSR count). The van der Waals surface area contributed by atoms with Gasteiger partial charge in [0.15, 0.2) is 5.76 Å². The summed E-state index contributed by atoms with van der Waals surface area (Å²) in [4.78, 5) is 9.28. The van der Waals surface area contributed by atoms with E-state index in [1.165, 1.54) is 0 Å². The van der Waals surface area contributed by atoms with Gasteiger partial charge in [-0.25, -0.2) is 4.98 Å². The zero-order chi connectivity index (χ0) is 20.2. The van der Waals surface area contributed by atoms with Gasteiger partial charge in [0.25, 0.3) is 0 Å². The number of anilines is 1. The maximum absolute atomic E-state index is 5.92. The third-order valence-corrected chi connectivity index (χ3v) is 5.30. The van der Waals surface area contributed by atoms with E-state index in [2.05, 4.69) is 20.0 Å². The monoisotopic (exact) mass is 401 g/mol. The zero-order valence-electron chi connectivity index (χ0n) is 16.6. The highest BCUT2D eigenvalue weighted by molar-refractivity contribution is 5.82. The zero-order valence-corrected chi connectivity index (χ0v) is 16.6. The number of piperazine rings is 1. The van der Waals surface area contributed by atoms with Crippen molar-refractivity contribution in [3.05, 3.63) is 66.9 Å². The summed E-state index contributed by atoms with van der Waals surface area (Å²) in [6.07, 6.45) is 1.65. The molecule has 1 aliphatic heterocycles. The lowest BCUT2D eigenvalue weighted by atomic mass is 10.2. The van der Waals surface area contributed by atoms with Crippen LogP contribution in [0.4, 0.5) is 5.95 Å². The van der Waals surface area contributed by atoms with Crippen LogP contribution in [0.2, 0.25) is 0 Å². The van der Waals surface area contributed by atoms with Gasteiger partial charge in [-0.2, -0.15) is 5.10 Å². The highest BCUT2D eigenvalue weighted by Gasteiger charge is 2.20. The van der Waals surface area contributed by atoms with E-state index in [9.17, 15) is 0 Å². The Bertz CT molecular complexity index is 1070. The Labute approximate surface area is 174 Å².